The van der Waals surface area contributed by atoms with Crippen LogP contribution in [0.25, 0.3) is 0 Å². The zero-order valence-corrected chi connectivity index (χ0v) is 18.1. The number of hydrogen-bond donors (Lipinski definition) is 0. The fourth-order valence-electron chi connectivity index (χ4n) is 4.68. The number of rotatable bonds is 5. The average Bonchev–Trinajstić information content (AvgIpc) is 2.72. The van der Waals surface area contributed by atoms with E-state index in [0.29, 0.717) is 5.56 Å². The molecule has 3 rings (SSSR count). The molecule has 0 nitrogen and oxygen atoms in total. The quantitative estimate of drug-likeness (QED) is 0.436. The van der Waals surface area contributed by atoms with Gasteiger partial charge in [0.2, 0.25) is 0 Å². The van der Waals surface area contributed by atoms with Crippen molar-refractivity contribution in [2.24, 2.45) is 17.8 Å². The summed E-state index contributed by atoms with van der Waals surface area (Å²) in [6, 6.07) is 2.37. The third-order valence-corrected chi connectivity index (χ3v) is 6.94. The minimum atomic E-state index is -1.35. The second kappa shape index (κ2) is 11.9. The van der Waals surface area contributed by atoms with Crippen LogP contribution in [0.5, 0.6) is 0 Å². The molecule has 0 atom stereocenters. The van der Waals surface area contributed by atoms with Crippen LogP contribution in [0.1, 0.15) is 109 Å². The summed E-state index contributed by atoms with van der Waals surface area (Å²) in [6.07, 6.45) is 15.1. The van der Waals surface area contributed by atoms with Gasteiger partial charge in [0.05, 0.1) is 0 Å². The predicted octanol–water partition coefficient (Wildman–Crippen LogP) is 8.79. The third-order valence-electron chi connectivity index (χ3n) is 6.94. The summed E-state index contributed by atoms with van der Waals surface area (Å²) in [7, 11) is 0. The monoisotopic (exact) mass is 396 g/mol. The Hall–Kier alpha value is -0.990. The lowest BCUT2D eigenvalue weighted by atomic mass is 9.74. The van der Waals surface area contributed by atoms with Crippen LogP contribution < -0.4 is 0 Å². The average molecular weight is 397 g/mol. The number of hydrogen-bond acceptors (Lipinski definition) is 0. The van der Waals surface area contributed by atoms with Crippen LogP contribution >= 0.6 is 0 Å². The molecule has 0 bridgehead atoms. The van der Waals surface area contributed by atoms with Gasteiger partial charge in [-0.15, -0.1) is 0 Å². The van der Waals surface area contributed by atoms with Crippen molar-refractivity contribution in [3.05, 3.63) is 35.1 Å². The highest BCUT2D eigenvalue weighted by atomic mass is 19.2. The van der Waals surface area contributed by atoms with Crippen molar-refractivity contribution in [3.63, 3.8) is 0 Å². The van der Waals surface area contributed by atoms with Gasteiger partial charge >= 0.3 is 0 Å². The van der Waals surface area contributed by atoms with Crippen LogP contribution in [0.4, 0.5) is 13.2 Å². The SMILES string of the molecule is CC1CCC(CCC2CCC(c3cc(F)c(F)c(F)c3)CC2)CC1.CCCC. The Morgan fingerprint density at radius 2 is 1.14 bits per heavy atom. The highest BCUT2D eigenvalue weighted by Gasteiger charge is 2.25. The van der Waals surface area contributed by atoms with Crippen molar-refractivity contribution in [1.29, 1.82) is 0 Å². The maximum absolute atomic E-state index is 13.4. The second-order valence-electron chi connectivity index (χ2n) is 9.22. The van der Waals surface area contributed by atoms with Crippen LogP contribution in [0, 0.1) is 35.2 Å². The molecule has 28 heavy (non-hydrogen) atoms. The molecule has 2 aliphatic carbocycles. The molecule has 0 aliphatic heterocycles. The molecular formula is C25H39F3. The van der Waals surface area contributed by atoms with E-state index in [1.165, 1.54) is 63.5 Å². The maximum Gasteiger partial charge on any atom is 0.194 e. The summed E-state index contributed by atoms with van der Waals surface area (Å²) in [5.41, 5.74) is 0.631. The fourth-order valence-corrected chi connectivity index (χ4v) is 4.68. The highest BCUT2D eigenvalue weighted by Crippen LogP contribution is 2.40. The van der Waals surface area contributed by atoms with Crippen molar-refractivity contribution < 1.29 is 13.2 Å². The minimum Gasteiger partial charge on any atom is -0.204 e. The molecule has 1 aromatic carbocycles. The van der Waals surface area contributed by atoms with E-state index in [1.807, 2.05) is 0 Å². The topological polar surface area (TPSA) is 0 Å². The van der Waals surface area contributed by atoms with E-state index in [4.69, 9.17) is 0 Å². The Balaban J connectivity index is 0.000000640. The number of halogens is 3. The van der Waals surface area contributed by atoms with Crippen LogP contribution in [0.15, 0.2) is 12.1 Å². The lowest BCUT2D eigenvalue weighted by Crippen LogP contribution is -2.17. The zero-order chi connectivity index (χ0) is 20.5. The third kappa shape index (κ3) is 7.12. The van der Waals surface area contributed by atoms with Crippen LogP contribution in [-0.4, -0.2) is 0 Å². The van der Waals surface area contributed by atoms with Gasteiger partial charge in [0.25, 0.3) is 0 Å². The van der Waals surface area contributed by atoms with E-state index in [0.717, 1.165) is 43.4 Å². The normalized spacial score (nSPS) is 27.8. The van der Waals surface area contributed by atoms with E-state index < -0.39 is 17.5 Å². The first-order valence-corrected chi connectivity index (χ1v) is 11.6. The molecule has 160 valence electrons. The summed E-state index contributed by atoms with van der Waals surface area (Å²) < 4.78 is 39.9. The lowest BCUT2D eigenvalue weighted by Gasteiger charge is -2.31. The van der Waals surface area contributed by atoms with Crippen molar-refractivity contribution in [2.75, 3.05) is 0 Å². The minimum absolute atomic E-state index is 0.182. The van der Waals surface area contributed by atoms with Gasteiger partial charge < -0.3 is 0 Å². The molecule has 0 N–H and O–H groups in total. The molecule has 3 heteroatoms. The smallest absolute Gasteiger partial charge is 0.194 e. The molecule has 0 heterocycles. The predicted molar refractivity (Wildman–Crippen MR) is 112 cm³/mol. The molecule has 1 aromatic rings. The van der Waals surface area contributed by atoms with Crippen molar-refractivity contribution in [2.45, 2.75) is 104 Å². The molecule has 0 unspecified atom stereocenters. The fraction of sp³-hybridized carbons (Fsp3) is 0.760. The van der Waals surface area contributed by atoms with Gasteiger partial charge in [0.1, 0.15) is 0 Å². The molecule has 2 fully saturated rings. The maximum atomic E-state index is 13.4. The van der Waals surface area contributed by atoms with E-state index in [1.54, 1.807) is 0 Å². The second-order valence-corrected chi connectivity index (χ2v) is 9.22. The molecule has 0 radical (unpaired) electrons. The number of unbranched alkanes of at least 4 members (excludes halogenated alkanes) is 1. The van der Waals surface area contributed by atoms with E-state index >= 15 is 0 Å². The molecule has 0 aromatic heterocycles. The van der Waals surface area contributed by atoms with Crippen molar-refractivity contribution in [1.82, 2.24) is 0 Å². The van der Waals surface area contributed by atoms with Crippen LogP contribution in [0.3, 0.4) is 0 Å². The van der Waals surface area contributed by atoms with Crippen LogP contribution in [0.2, 0.25) is 0 Å². The molecular weight excluding hydrogens is 357 g/mol. The molecule has 0 saturated heterocycles. The zero-order valence-electron chi connectivity index (χ0n) is 18.1. The summed E-state index contributed by atoms with van der Waals surface area (Å²) in [5.74, 6) is -0.698. The summed E-state index contributed by atoms with van der Waals surface area (Å²) in [5, 5.41) is 0. The standard InChI is InChI=1S/C21H29F3.C4H10/c1-14-2-4-15(5-3-14)6-7-16-8-10-17(11-9-16)18-12-19(22)21(24)20(23)13-18;1-3-4-2/h12-17H,2-11H2,1H3;3-4H2,1-2H3. The van der Waals surface area contributed by atoms with E-state index in [2.05, 4.69) is 20.8 Å². The van der Waals surface area contributed by atoms with Crippen molar-refractivity contribution in [3.8, 4) is 0 Å². The Bertz CT molecular complexity index is 542. The Kier molecular flexibility index (Phi) is 9.88. The Morgan fingerprint density at radius 3 is 1.57 bits per heavy atom. The van der Waals surface area contributed by atoms with Gasteiger partial charge in [0.15, 0.2) is 17.5 Å². The van der Waals surface area contributed by atoms with Gasteiger partial charge in [-0.05, 0) is 67.1 Å². The lowest BCUT2D eigenvalue weighted by molar-refractivity contribution is 0.237. The van der Waals surface area contributed by atoms with Gasteiger partial charge in [-0.1, -0.05) is 72.1 Å². The van der Waals surface area contributed by atoms with E-state index in [-0.39, 0.29) is 5.92 Å². The van der Waals surface area contributed by atoms with Gasteiger partial charge in [-0.2, -0.15) is 0 Å². The summed E-state index contributed by atoms with van der Waals surface area (Å²) in [4.78, 5) is 0. The molecule has 0 amide bonds. The molecule has 2 aliphatic rings. The number of benzene rings is 1. The first kappa shape index (κ1) is 23.3. The van der Waals surface area contributed by atoms with Crippen molar-refractivity contribution >= 4 is 0 Å². The first-order valence-electron chi connectivity index (χ1n) is 11.6. The van der Waals surface area contributed by atoms with Gasteiger partial charge in [0, 0.05) is 0 Å². The molecule has 2 saturated carbocycles. The Morgan fingerprint density at radius 1 is 0.714 bits per heavy atom. The van der Waals surface area contributed by atoms with Crippen LogP contribution in [-0.2, 0) is 0 Å². The summed E-state index contributed by atoms with van der Waals surface area (Å²) >= 11 is 0. The van der Waals surface area contributed by atoms with Gasteiger partial charge in [-0.3, -0.25) is 0 Å². The highest BCUT2D eigenvalue weighted by molar-refractivity contribution is 5.23. The van der Waals surface area contributed by atoms with Gasteiger partial charge in [-0.25, -0.2) is 13.2 Å². The first-order chi connectivity index (χ1) is 13.4. The largest absolute Gasteiger partial charge is 0.204 e. The Labute approximate surface area is 170 Å². The summed E-state index contributed by atoms with van der Waals surface area (Å²) in [6.45, 7) is 6.72. The van der Waals surface area contributed by atoms with E-state index in [9.17, 15) is 13.2 Å². The molecule has 0 spiro atoms.